The predicted molar refractivity (Wildman–Crippen MR) is 101 cm³/mol. The summed E-state index contributed by atoms with van der Waals surface area (Å²) in [7, 11) is 0. The van der Waals surface area contributed by atoms with E-state index < -0.39 is 0 Å². The summed E-state index contributed by atoms with van der Waals surface area (Å²) in [5.41, 5.74) is 0.330. The molecule has 1 N–H and O–H groups in total. The molecule has 2 aromatic carbocycles. The Labute approximate surface area is 161 Å². The van der Waals surface area contributed by atoms with Gasteiger partial charge in [-0.1, -0.05) is 47.5 Å². The van der Waals surface area contributed by atoms with Gasteiger partial charge in [-0.2, -0.15) is 0 Å². The average molecular weight is 393 g/mol. The van der Waals surface area contributed by atoms with Crippen LogP contribution in [0.1, 0.15) is 16.8 Å². The van der Waals surface area contributed by atoms with E-state index in [2.05, 4.69) is 5.32 Å². The largest absolute Gasteiger partial charge is 0.484 e. The maximum absolute atomic E-state index is 12.4. The fraction of sp³-hybridized carbons (Fsp3) is 0.263. The molecular weight excluding hydrogens is 375 g/mol. The number of amides is 2. The van der Waals surface area contributed by atoms with Gasteiger partial charge in [-0.3, -0.25) is 9.59 Å². The second-order valence-corrected chi connectivity index (χ2v) is 6.79. The molecule has 0 aromatic heterocycles. The maximum Gasteiger partial charge on any atom is 0.260 e. The number of halogens is 2. The van der Waals surface area contributed by atoms with E-state index in [1.54, 1.807) is 35.2 Å². The van der Waals surface area contributed by atoms with Crippen LogP contribution < -0.4 is 10.1 Å². The van der Waals surface area contributed by atoms with Gasteiger partial charge in [-0.05, 0) is 30.7 Å². The van der Waals surface area contributed by atoms with Crippen LogP contribution in [0.3, 0.4) is 0 Å². The van der Waals surface area contributed by atoms with Crippen molar-refractivity contribution in [3.8, 4) is 5.75 Å². The molecule has 5 nitrogen and oxygen atoms in total. The fourth-order valence-electron chi connectivity index (χ4n) is 2.80. The minimum Gasteiger partial charge on any atom is -0.484 e. The number of hydrogen-bond acceptors (Lipinski definition) is 3. The molecule has 1 atom stereocenters. The molecule has 1 heterocycles. The summed E-state index contributed by atoms with van der Waals surface area (Å²) in [6.07, 6.45) is 0.682. The molecule has 1 fully saturated rings. The van der Waals surface area contributed by atoms with Crippen molar-refractivity contribution >= 4 is 35.0 Å². The van der Waals surface area contributed by atoms with Crippen molar-refractivity contribution < 1.29 is 14.3 Å². The summed E-state index contributed by atoms with van der Waals surface area (Å²) >= 11 is 12.0. The van der Waals surface area contributed by atoms with Crippen molar-refractivity contribution in [1.29, 1.82) is 0 Å². The number of likely N-dealkylation sites (tertiary alicyclic amines) is 1. The third-order valence-corrected chi connectivity index (χ3v) is 5.00. The maximum atomic E-state index is 12.4. The van der Waals surface area contributed by atoms with Crippen molar-refractivity contribution in [2.75, 3.05) is 19.7 Å². The van der Waals surface area contributed by atoms with Crippen LogP contribution in [-0.2, 0) is 4.79 Å². The molecular formula is C19H18Cl2N2O3. The highest BCUT2D eigenvalue weighted by Gasteiger charge is 2.28. The Morgan fingerprint density at radius 2 is 1.88 bits per heavy atom. The smallest absolute Gasteiger partial charge is 0.260 e. The van der Waals surface area contributed by atoms with Gasteiger partial charge in [0.25, 0.3) is 11.8 Å². The Balaban J connectivity index is 1.51. The monoisotopic (exact) mass is 392 g/mol. The molecule has 0 aliphatic carbocycles. The van der Waals surface area contributed by atoms with Crippen LogP contribution in [0.5, 0.6) is 5.75 Å². The van der Waals surface area contributed by atoms with Gasteiger partial charge in [0.1, 0.15) is 5.75 Å². The summed E-state index contributed by atoms with van der Waals surface area (Å²) in [5.74, 6) is 0.254. The quantitative estimate of drug-likeness (QED) is 0.847. The van der Waals surface area contributed by atoms with Crippen molar-refractivity contribution in [2.24, 2.45) is 0 Å². The van der Waals surface area contributed by atoms with Crippen molar-refractivity contribution in [2.45, 2.75) is 12.5 Å². The van der Waals surface area contributed by atoms with E-state index in [4.69, 9.17) is 27.9 Å². The summed E-state index contributed by atoms with van der Waals surface area (Å²) < 4.78 is 5.48. The lowest BCUT2D eigenvalue weighted by Gasteiger charge is -2.17. The fourth-order valence-corrected chi connectivity index (χ4v) is 3.19. The number of benzene rings is 2. The molecule has 2 amide bonds. The zero-order valence-electron chi connectivity index (χ0n) is 14.0. The molecule has 0 bridgehead atoms. The van der Waals surface area contributed by atoms with Crippen LogP contribution in [0, 0.1) is 0 Å². The van der Waals surface area contributed by atoms with Gasteiger partial charge >= 0.3 is 0 Å². The SMILES string of the molecule is O=C(NC1CCN(C(=O)COc2ccccc2)C1)c1cccc(Cl)c1Cl. The zero-order chi connectivity index (χ0) is 18.5. The zero-order valence-corrected chi connectivity index (χ0v) is 15.5. The molecule has 2 aromatic rings. The summed E-state index contributed by atoms with van der Waals surface area (Å²) in [6, 6.07) is 14.0. The molecule has 1 aliphatic heterocycles. The third-order valence-electron chi connectivity index (χ3n) is 4.18. The molecule has 1 saturated heterocycles. The van der Waals surface area contributed by atoms with Gasteiger partial charge in [0.05, 0.1) is 15.6 Å². The number of ether oxygens (including phenoxy) is 1. The molecule has 0 radical (unpaired) electrons. The molecule has 0 spiro atoms. The van der Waals surface area contributed by atoms with Gasteiger partial charge in [-0.25, -0.2) is 0 Å². The van der Waals surface area contributed by atoms with Crippen molar-refractivity contribution in [3.63, 3.8) is 0 Å². The summed E-state index contributed by atoms with van der Waals surface area (Å²) in [6.45, 7) is 0.997. The minimum absolute atomic E-state index is 0.0230. The first-order valence-electron chi connectivity index (χ1n) is 8.25. The van der Waals surface area contributed by atoms with Gasteiger partial charge < -0.3 is 15.0 Å². The molecule has 0 saturated carbocycles. The minimum atomic E-state index is -0.294. The predicted octanol–water partition coefficient (Wildman–Crippen LogP) is 3.40. The molecule has 1 aliphatic rings. The molecule has 7 heteroatoms. The lowest BCUT2D eigenvalue weighted by atomic mass is 10.2. The number of nitrogens with zero attached hydrogens (tertiary/aromatic N) is 1. The van der Waals surface area contributed by atoms with Crippen LogP contribution in [0.4, 0.5) is 0 Å². The Hall–Kier alpha value is -2.24. The van der Waals surface area contributed by atoms with Crippen LogP contribution in [0.15, 0.2) is 48.5 Å². The summed E-state index contributed by atoms with van der Waals surface area (Å²) in [4.78, 5) is 26.3. The number of para-hydroxylation sites is 1. The lowest BCUT2D eigenvalue weighted by Crippen LogP contribution is -2.39. The summed E-state index contributed by atoms with van der Waals surface area (Å²) in [5, 5.41) is 3.47. The van der Waals surface area contributed by atoms with E-state index in [0.717, 1.165) is 0 Å². The molecule has 136 valence electrons. The van der Waals surface area contributed by atoms with Gasteiger partial charge in [0, 0.05) is 19.1 Å². The first-order chi connectivity index (χ1) is 12.5. The Kier molecular flexibility index (Phi) is 6.01. The standard InChI is InChI=1S/C19H18Cl2N2O3/c20-16-8-4-7-15(18(16)21)19(25)22-13-9-10-23(11-13)17(24)12-26-14-5-2-1-3-6-14/h1-8,13H,9-12H2,(H,22,25). The van der Waals surface area contributed by atoms with Crippen LogP contribution in [0.25, 0.3) is 0 Å². The normalized spacial score (nSPS) is 16.4. The number of rotatable bonds is 5. The Morgan fingerprint density at radius 1 is 1.12 bits per heavy atom. The van der Waals surface area contributed by atoms with Crippen LogP contribution in [-0.4, -0.2) is 42.5 Å². The Bertz CT molecular complexity index is 799. The van der Waals surface area contributed by atoms with Crippen LogP contribution >= 0.6 is 23.2 Å². The van der Waals surface area contributed by atoms with Gasteiger partial charge in [-0.15, -0.1) is 0 Å². The van der Waals surface area contributed by atoms with E-state index in [-0.39, 0.29) is 29.5 Å². The number of carbonyl (C=O) groups excluding carboxylic acids is 2. The van der Waals surface area contributed by atoms with E-state index in [0.29, 0.717) is 35.8 Å². The topological polar surface area (TPSA) is 58.6 Å². The molecule has 26 heavy (non-hydrogen) atoms. The average Bonchev–Trinajstić information content (AvgIpc) is 3.11. The van der Waals surface area contributed by atoms with E-state index in [1.165, 1.54) is 0 Å². The van der Waals surface area contributed by atoms with Crippen molar-refractivity contribution in [1.82, 2.24) is 10.2 Å². The number of hydrogen-bond donors (Lipinski definition) is 1. The Morgan fingerprint density at radius 3 is 2.65 bits per heavy atom. The number of carbonyl (C=O) groups is 2. The van der Waals surface area contributed by atoms with Gasteiger partial charge in [0.15, 0.2) is 6.61 Å². The first kappa shape index (κ1) is 18.5. The van der Waals surface area contributed by atoms with Crippen LogP contribution in [0.2, 0.25) is 10.0 Å². The number of nitrogens with one attached hydrogen (secondary N) is 1. The van der Waals surface area contributed by atoms with E-state index in [9.17, 15) is 9.59 Å². The van der Waals surface area contributed by atoms with Gasteiger partial charge in [0.2, 0.25) is 0 Å². The highest BCUT2D eigenvalue weighted by Crippen LogP contribution is 2.25. The lowest BCUT2D eigenvalue weighted by molar-refractivity contribution is -0.132. The molecule has 1 unspecified atom stereocenters. The van der Waals surface area contributed by atoms with Crippen molar-refractivity contribution in [3.05, 3.63) is 64.1 Å². The third kappa shape index (κ3) is 4.48. The van der Waals surface area contributed by atoms with E-state index >= 15 is 0 Å². The second kappa shape index (κ2) is 8.43. The second-order valence-electron chi connectivity index (χ2n) is 6.00. The molecule has 3 rings (SSSR count). The highest BCUT2D eigenvalue weighted by atomic mass is 35.5. The first-order valence-corrected chi connectivity index (χ1v) is 9.00. The highest BCUT2D eigenvalue weighted by molar-refractivity contribution is 6.43. The van der Waals surface area contributed by atoms with E-state index in [1.807, 2.05) is 18.2 Å².